The van der Waals surface area contributed by atoms with Gasteiger partial charge in [0, 0.05) is 26.6 Å². The maximum atomic E-state index is 12.5. The third-order valence-corrected chi connectivity index (χ3v) is 5.18. The molecule has 1 aliphatic rings. The number of imide groups is 1. The van der Waals surface area contributed by atoms with E-state index in [4.69, 9.17) is 4.74 Å². The van der Waals surface area contributed by atoms with Crippen LogP contribution in [0.1, 0.15) is 51.6 Å². The first-order valence-electron chi connectivity index (χ1n) is 10.2. The van der Waals surface area contributed by atoms with Crippen molar-refractivity contribution in [3.05, 3.63) is 70.8 Å². The molecule has 0 radical (unpaired) electrons. The molecule has 1 atom stereocenters. The minimum Gasteiger partial charge on any atom is -0.453 e. The second-order valence-corrected chi connectivity index (χ2v) is 7.73. The van der Waals surface area contributed by atoms with Crippen LogP contribution in [0, 0.1) is 6.92 Å². The highest BCUT2D eigenvalue weighted by Gasteiger charge is 2.35. The Balaban J connectivity index is 1.45. The van der Waals surface area contributed by atoms with Crippen LogP contribution in [0.2, 0.25) is 0 Å². The summed E-state index contributed by atoms with van der Waals surface area (Å²) in [4.78, 5) is 52.2. The zero-order chi connectivity index (χ0) is 22.5. The summed E-state index contributed by atoms with van der Waals surface area (Å²) in [5.74, 6) is -1.53. The van der Waals surface area contributed by atoms with Crippen molar-refractivity contribution in [1.29, 1.82) is 0 Å². The van der Waals surface area contributed by atoms with E-state index in [1.807, 2.05) is 37.3 Å². The minimum atomic E-state index is -0.913. The molecule has 0 aliphatic carbocycles. The van der Waals surface area contributed by atoms with Crippen LogP contribution in [0.15, 0.2) is 48.5 Å². The Morgan fingerprint density at radius 1 is 1.03 bits per heavy atom. The highest BCUT2D eigenvalue weighted by Crippen LogP contribution is 2.24. The van der Waals surface area contributed by atoms with Crippen molar-refractivity contribution >= 4 is 23.7 Å². The van der Waals surface area contributed by atoms with Gasteiger partial charge < -0.3 is 9.64 Å². The molecule has 0 aromatic heterocycles. The lowest BCUT2D eigenvalue weighted by Gasteiger charge is -2.21. The Kier molecular flexibility index (Phi) is 6.84. The molecule has 1 aliphatic heterocycles. The van der Waals surface area contributed by atoms with Crippen molar-refractivity contribution in [2.24, 2.45) is 0 Å². The van der Waals surface area contributed by atoms with Gasteiger partial charge in [0.05, 0.1) is 11.1 Å². The van der Waals surface area contributed by atoms with E-state index in [9.17, 15) is 19.2 Å². The number of hydrogen-bond donors (Lipinski definition) is 0. The van der Waals surface area contributed by atoms with Crippen LogP contribution in [0.4, 0.5) is 0 Å². The van der Waals surface area contributed by atoms with Crippen molar-refractivity contribution in [2.75, 3.05) is 13.6 Å². The zero-order valence-corrected chi connectivity index (χ0v) is 18.0. The van der Waals surface area contributed by atoms with E-state index < -0.39 is 12.1 Å². The first kappa shape index (κ1) is 22.2. The average Bonchev–Trinajstić information content (AvgIpc) is 2.98. The lowest BCUT2D eigenvalue weighted by Crippen LogP contribution is -2.37. The van der Waals surface area contributed by atoms with Gasteiger partial charge in [0.1, 0.15) is 0 Å². The first-order valence-corrected chi connectivity index (χ1v) is 10.2. The summed E-state index contributed by atoms with van der Waals surface area (Å²) in [7, 11) is 1.66. The summed E-state index contributed by atoms with van der Waals surface area (Å²) in [6.45, 7) is 3.93. The van der Waals surface area contributed by atoms with Crippen LogP contribution in [0.5, 0.6) is 0 Å². The molecule has 3 rings (SSSR count). The van der Waals surface area contributed by atoms with Crippen LogP contribution < -0.4 is 0 Å². The number of rotatable bonds is 8. The van der Waals surface area contributed by atoms with E-state index in [0.717, 1.165) is 16.0 Å². The monoisotopic (exact) mass is 422 g/mol. The molecule has 1 unspecified atom stereocenters. The van der Waals surface area contributed by atoms with Gasteiger partial charge in [-0.2, -0.15) is 0 Å². The highest BCUT2D eigenvalue weighted by atomic mass is 16.5. The topological polar surface area (TPSA) is 84.0 Å². The molecule has 0 saturated carbocycles. The summed E-state index contributed by atoms with van der Waals surface area (Å²) < 4.78 is 5.25. The first-order chi connectivity index (χ1) is 14.8. The van der Waals surface area contributed by atoms with Crippen molar-refractivity contribution in [2.45, 2.75) is 39.3 Å². The number of likely N-dealkylation sites (N-methyl/N-ethyl adjacent to an activating group) is 1. The van der Waals surface area contributed by atoms with Gasteiger partial charge in [-0.1, -0.05) is 42.0 Å². The number of ether oxygens (including phenoxy) is 1. The predicted octanol–water partition coefficient (Wildman–Crippen LogP) is 2.96. The Hall–Kier alpha value is -3.48. The quantitative estimate of drug-likeness (QED) is 0.482. The molecule has 7 heteroatoms. The summed E-state index contributed by atoms with van der Waals surface area (Å²) in [5.41, 5.74) is 2.67. The van der Waals surface area contributed by atoms with E-state index in [1.54, 1.807) is 25.2 Å². The number of aryl methyl sites for hydroxylation is 1. The van der Waals surface area contributed by atoms with E-state index in [0.29, 0.717) is 17.7 Å². The molecule has 1 heterocycles. The molecule has 0 saturated heterocycles. The normalized spacial score (nSPS) is 13.7. The minimum absolute atomic E-state index is 0.00640. The molecule has 31 heavy (non-hydrogen) atoms. The van der Waals surface area contributed by atoms with Gasteiger partial charge in [-0.3, -0.25) is 24.1 Å². The molecular weight excluding hydrogens is 396 g/mol. The third-order valence-electron chi connectivity index (χ3n) is 5.18. The maximum Gasteiger partial charge on any atom is 0.306 e. The van der Waals surface area contributed by atoms with Crippen molar-refractivity contribution < 1.29 is 23.9 Å². The van der Waals surface area contributed by atoms with Gasteiger partial charge in [0.2, 0.25) is 0 Å². The summed E-state index contributed by atoms with van der Waals surface area (Å²) in [6.07, 6.45) is -0.639. The number of nitrogens with zero attached hydrogens (tertiary/aromatic N) is 2. The van der Waals surface area contributed by atoms with Crippen molar-refractivity contribution in [1.82, 2.24) is 9.80 Å². The highest BCUT2D eigenvalue weighted by molar-refractivity contribution is 6.21. The van der Waals surface area contributed by atoms with Crippen molar-refractivity contribution in [3.63, 3.8) is 0 Å². The lowest BCUT2D eigenvalue weighted by atomic mass is 10.1. The van der Waals surface area contributed by atoms with E-state index >= 15 is 0 Å². The Bertz CT molecular complexity index is 1000. The smallest absolute Gasteiger partial charge is 0.306 e. The molecule has 2 aromatic carbocycles. The van der Waals surface area contributed by atoms with Gasteiger partial charge in [-0.25, -0.2) is 0 Å². The second kappa shape index (κ2) is 9.55. The number of carbonyl (C=O) groups excluding carboxylic acids is 4. The number of esters is 1. The fraction of sp³-hybridized carbons (Fsp3) is 0.333. The van der Waals surface area contributed by atoms with Gasteiger partial charge in [-0.05, 0) is 38.0 Å². The number of carbonyl (C=O) groups is 4. The van der Waals surface area contributed by atoms with Gasteiger partial charge in [-0.15, -0.1) is 0 Å². The van der Waals surface area contributed by atoms with Crippen molar-refractivity contribution in [3.8, 4) is 0 Å². The standard InChI is InChI=1S/C24H26N2O5/c1-16-11-12-19-20(14-16)24(30)26(23(19)29)13-7-10-21(27)31-17(2)22(28)25(3)15-18-8-5-4-6-9-18/h4-6,8-9,11-12,14,17H,7,10,13,15H2,1-3H3. The lowest BCUT2D eigenvalue weighted by molar-refractivity contribution is -0.158. The fourth-order valence-electron chi connectivity index (χ4n) is 3.54. The summed E-state index contributed by atoms with van der Waals surface area (Å²) >= 11 is 0. The molecular formula is C24H26N2O5. The van der Waals surface area contributed by atoms with Crippen LogP contribution in [0.25, 0.3) is 0 Å². The van der Waals surface area contributed by atoms with Gasteiger partial charge >= 0.3 is 5.97 Å². The van der Waals surface area contributed by atoms with Crippen LogP contribution in [-0.4, -0.2) is 53.2 Å². The van der Waals surface area contributed by atoms with E-state index in [-0.39, 0.29) is 37.1 Å². The molecule has 162 valence electrons. The largest absolute Gasteiger partial charge is 0.453 e. The Morgan fingerprint density at radius 3 is 2.42 bits per heavy atom. The molecule has 0 bridgehead atoms. The zero-order valence-electron chi connectivity index (χ0n) is 18.0. The van der Waals surface area contributed by atoms with Gasteiger partial charge in [0.15, 0.2) is 6.10 Å². The molecule has 0 fully saturated rings. The number of fused-ring (bicyclic) bond motifs is 1. The maximum absolute atomic E-state index is 12.5. The molecule has 0 spiro atoms. The summed E-state index contributed by atoms with van der Waals surface area (Å²) in [6, 6.07) is 14.7. The predicted molar refractivity (Wildman–Crippen MR) is 114 cm³/mol. The van der Waals surface area contributed by atoms with Gasteiger partial charge in [0.25, 0.3) is 17.7 Å². The summed E-state index contributed by atoms with van der Waals surface area (Å²) in [5, 5.41) is 0. The number of hydrogen-bond acceptors (Lipinski definition) is 5. The SMILES string of the molecule is Cc1ccc2c(c1)C(=O)N(CCCC(=O)OC(C)C(=O)N(C)Cc1ccccc1)C2=O. The Morgan fingerprint density at radius 2 is 1.71 bits per heavy atom. The van der Waals surface area contributed by atoms with E-state index in [1.165, 1.54) is 11.8 Å². The van der Waals surface area contributed by atoms with Crippen LogP contribution in [0.3, 0.4) is 0 Å². The fourth-order valence-corrected chi connectivity index (χ4v) is 3.54. The second-order valence-electron chi connectivity index (χ2n) is 7.73. The van der Waals surface area contributed by atoms with E-state index in [2.05, 4.69) is 0 Å². The molecule has 0 N–H and O–H groups in total. The average molecular weight is 422 g/mol. The molecule has 3 amide bonds. The molecule has 2 aromatic rings. The van der Waals surface area contributed by atoms with Crippen LogP contribution in [-0.2, 0) is 20.9 Å². The number of benzene rings is 2. The molecule has 7 nitrogen and oxygen atoms in total. The van der Waals surface area contributed by atoms with Crippen LogP contribution >= 0.6 is 0 Å². The third kappa shape index (κ3) is 5.17. The Labute approximate surface area is 181 Å². The number of amides is 3.